The number of piperazine rings is 1. The van der Waals surface area contributed by atoms with Gasteiger partial charge in [-0.3, -0.25) is 4.79 Å². The van der Waals surface area contributed by atoms with Crippen LogP contribution in [0.3, 0.4) is 0 Å². The number of nitrogens with two attached hydrogens (primary N) is 1. The van der Waals surface area contributed by atoms with Crippen LogP contribution in [0.5, 0.6) is 0 Å². The predicted molar refractivity (Wildman–Crippen MR) is 71.7 cm³/mol. The second kappa shape index (κ2) is 6.36. The highest BCUT2D eigenvalue weighted by atomic mass is 16.1. The van der Waals surface area contributed by atoms with Gasteiger partial charge in [-0.05, 0) is 13.0 Å². The van der Waals surface area contributed by atoms with Gasteiger partial charge in [0.05, 0.1) is 6.33 Å². The Balaban J connectivity index is 1.71. The van der Waals surface area contributed by atoms with Crippen molar-refractivity contribution < 1.29 is 0 Å². The summed E-state index contributed by atoms with van der Waals surface area (Å²) >= 11 is 0. The van der Waals surface area contributed by atoms with Crippen molar-refractivity contribution in [2.24, 2.45) is 0 Å². The molecule has 0 saturated carbocycles. The number of aromatic amines is 1. The van der Waals surface area contributed by atoms with E-state index >= 15 is 0 Å². The van der Waals surface area contributed by atoms with E-state index in [1.54, 1.807) is 0 Å². The van der Waals surface area contributed by atoms with Crippen LogP contribution in [0.4, 0.5) is 11.5 Å². The van der Waals surface area contributed by atoms with Gasteiger partial charge in [-0.15, -0.1) is 0 Å². The fourth-order valence-electron chi connectivity index (χ4n) is 2.00. The van der Waals surface area contributed by atoms with Crippen LogP contribution in [-0.4, -0.2) is 54.1 Å². The molecule has 7 nitrogen and oxygen atoms in total. The zero-order valence-corrected chi connectivity index (χ0v) is 10.4. The van der Waals surface area contributed by atoms with Crippen molar-refractivity contribution in [3.8, 4) is 0 Å². The summed E-state index contributed by atoms with van der Waals surface area (Å²) in [6, 6.07) is 0. The SMILES string of the molecule is Nc1c(NCCCN2CCNCC2)nc[nH]c1=O. The lowest BCUT2D eigenvalue weighted by molar-refractivity contribution is 0.240. The molecule has 2 rings (SSSR count). The third-order valence-corrected chi connectivity index (χ3v) is 3.04. The minimum absolute atomic E-state index is 0.152. The van der Waals surface area contributed by atoms with E-state index in [1.807, 2.05) is 0 Å². The minimum atomic E-state index is -0.297. The zero-order valence-electron chi connectivity index (χ0n) is 10.4. The Morgan fingerprint density at radius 2 is 2.22 bits per heavy atom. The van der Waals surface area contributed by atoms with E-state index in [1.165, 1.54) is 6.33 Å². The molecule has 5 N–H and O–H groups in total. The van der Waals surface area contributed by atoms with E-state index in [0.29, 0.717) is 5.82 Å². The first kappa shape index (κ1) is 12.8. The second-order valence-electron chi connectivity index (χ2n) is 4.37. The molecule has 1 aliphatic heterocycles. The molecule has 2 heterocycles. The highest BCUT2D eigenvalue weighted by Crippen LogP contribution is 2.06. The van der Waals surface area contributed by atoms with Gasteiger partial charge in [0, 0.05) is 32.7 Å². The topological polar surface area (TPSA) is 99.1 Å². The number of nitrogens with one attached hydrogen (secondary N) is 3. The number of anilines is 2. The molecular formula is C11H20N6O. The predicted octanol–water partition coefficient (Wildman–Crippen LogP) is -0.941. The summed E-state index contributed by atoms with van der Waals surface area (Å²) in [6.45, 7) is 6.16. The van der Waals surface area contributed by atoms with E-state index in [9.17, 15) is 4.79 Å². The smallest absolute Gasteiger partial charge is 0.276 e. The van der Waals surface area contributed by atoms with Crippen molar-refractivity contribution in [1.29, 1.82) is 0 Å². The van der Waals surface area contributed by atoms with E-state index in [0.717, 1.165) is 45.7 Å². The average molecular weight is 252 g/mol. The zero-order chi connectivity index (χ0) is 12.8. The molecule has 1 aromatic heterocycles. The van der Waals surface area contributed by atoms with Crippen LogP contribution in [0.2, 0.25) is 0 Å². The third-order valence-electron chi connectivity index (χ3n) is 3.04. The van der Waals surface area contributed by atoms with Gasteiger partial charge in [0.15, 0.2) is 5.82 Å². The first-order valence-electron chi connectivity index (χ1n) is 6.27. The molecule has 1 saturated heterocycles. The lowest BCUT2D eigenvalue weighted by Crippen LogP contribution is -2.44. The molecule has 0 amide bonds. The average Bonchev–Trinajstić information content (AvgIpc) is 2.40. The van der Waals surface area contributed by atoms with Crippen LogP contribution in [0, 0.1) is 0 Å². The lowest BCUT2D eigenvalue weighted by atomic mass is 10.3. The highest BCUT2D eigenvalue weighted by molar-refractivity contribution is 5.58. The molecule has 0 spiro atoms. The summed E-state index contributed by atoms with van der Waals surface area (Å²) in [5, 5.41) is 6.42. The minimum Gasteiger partial charge on any atom is -0.391 e. The molecule has 0 radical (unpaired) electrons. The monoisotopic (exact) mass is 252 g/mol. The van der Waals surface area contributed by atoms with Gasteiger partial charge >= 0.3 is 0 Å². The van der Waals surface area contributed by atoms with Crippen molar-refractivity contribution >= 4 is 11.5 Å². The normalized spacial score (nSPS) is 16.7. The Hall–Kier alpha value is -1.60. The number of hydrogen-bond donors (Lipinski definition) is 4. The van der Waals surface area contributed by atoms with Crippen LogP contribution in [0.1, 0.15) is 6.42 Å². The summed E-state index contributed by atoms with van der Waals surface area (Å²) < 4.78 is 0. The molecule has 100 valence electrons. The molecule has 18 heavy (non-hydrogen) atoms. The van der Waals surface area contributed by atoms with Crippen molar-refractivity contribution in [3.05, 3.63) is 16.7 Å². The van der Waals surface area contributed by atoms with Crippen LogP contribution in [-0.2, 0) is 0 Å². The summed E-state index contributed by atoms with van der Waals surface area (Å²) in [6.07, 6.45) is 2.37. The van der Waals surface area contributed by atoms with Crippen LogP contribution in [0.15, 0.2) is 11.1 Å². The summed E-state index contributed by atoms with van der Waals surface area (Å²) in [4.78, 5) is 20.1. The number of rotatable bonds is 5. The Labute approximate surface area is 106 Å². The largest absolute Gasteiger partial charge is 0.391 e. The fourth-order valence-corrected chi connectivity index (χ4v) is 2.00. The number of aromatic nitrogens is 2. The van der Waals surface area contributed by atoms with Crippen LogP contribution in [0.25, 0.3) is 0 Å². The maximum absolute atomic E-state index is 11.2. The van der Waals surface area contributed by atoms with Crippen molar-refractivity contribution in [2.75, 3.05) is 50.3 Å². The number of hydrogen-bond acceptors (Lipinski definition) is 6. The fraction of sp³-hybridized carbons (Fsp3) is 0.636. The summed E-state index contributed by atoms with van der Waals surface area (Å²) in [5.74, 6) is 0.471. The maximum atomic E-state index is 11.2. The molecule has 1 fully saturated rings. The Morgan fingerprint density at radius 1 is 1.44 bits per heavy atom. The van der Waals surface area contributed by atoms with E-state index < -0.39 is 0 Å². The van der Waals surface area contributed by atoms with Crippen molar-refractivity contribution in [1.82, 2.24) is 20.2 Å². The molecule has 1 aromatic rings. The van der Waals surface area contributed by atoms with Crippen molar-refractivity contribution in [3.63, 3.8) is 0 Å². The van der Waals surface area contributed by atoms with Gasteiger partial charge in [-0.25, -0.2) is 4.98 Å². The van der Waals surface area contributed by atoms with Crippen LogP contribution >= 0.6 is 0 Å². The van der Waals surface area contributed by atoms with Gasteiger partial charge < -0.3 is 26.3 Å². The number of H-pyrrole nitrogens is 1. The van der Waals surface area contributed by atoms with Gasteiger partial charge in [0.1, 0.15) is 5.69 Å². The molecule has 0 unspecified atom stereocenters. The Bertz CT molecular complexity index is 426. The molecule has 0 atom stereocenters. The van der Waals surface area contributed by atoms with Crippen LogP contribution < -0.4 is 21.9 Å². The van der Waals surface area contributed by atoms with E-state index in [4.69, 9.17) is 5.73 Å². The lowest BCUT2D eigenvalue weighted by Gasteiger charge is -2.27. The summed E-state index contributed by atoms with van der Waals surface area (Å²) in [5.41, 5.74) is 5.48. The first-order chi connectivity index (χ1) is 8.77. The molecule has 0 aromatic carbocycles. The highest BCUT2D eigenvalue weighted by Gasteiger charge is 2.08. The second-order valence-corrected chi connectivity index (χ2v) is 4.37. The van der Waals surface area contributed by atoms with E-state index in [2.05, 4.69) is 25.5 Å². The molecular weight excluding hydrogens is 232 g/mol. The quantitative estimate of drug-likeness (QED) is 0.505. The van der Waals surface area contributed by atoms with Gasteiger partial charge in [-0.2, -0.15) is 0 Å². The summed E-state index contributed by atoms with van der Waals surface area (Å²) in [7, 11) is 0. The Kier molecular flexibility index (Phi) is 4.54. The molecule has 0 bridgehead atoms. The third kappa shape index (κ3) is 3.44. The Morgan fingerprint density at radius 3 is 3.00 bits per heavy atom. The van der Waals surface area contributed by atoms with E-state index in [-0.39, 0.29) is 11.2 Å². The molecule has 1 aliphatic rings. The number of nitrogen functional groups attached to an aromatic ring is 1. The standard InChI is InChI=1S/C11H20N6O/c12-9-10(15-8-16-11(9)18)14-2-1-5-17-6-3-13-4-7-17/h8,13H,1-7,12H2,(H2,14,15,16,18). The van der Waals surface area contributed by atoms with Crippen molar-refractivity contribution in [2.45, 2.75) is 6.42 Å². The van der Waals surface area contributed by atoms with Gasteiger partial charge in [0.2, 0.25) is 0 Å². The van der Waals surface area contributed by atoms with Gasteiger partial charge in [0.25, 0.3) is 5.56 Å². The molecule has 0 aliphatic carbocycles. The van der Waals surface area contributed by atoms with Gasteiger partial charge in [-0.1, -0.05) is 0 Å². The molecule has 7 heteroatoms. The first-order valence-corrected chi connectivity index (χ1v) is 6.27. The maximum Gasteiger partial charge on any atom is 0.276 e. The number of nitrogens with zero attached hydrogens (tertiary/aromatic N) is 2.